The van der Waals surface area contributed by atoms with Crippen LogP contribution in [0.4, 0.5) is 5.69 Å². The number of hydrogen-bond donors (Lipinski definition) is 1. The maximum atomic E-state index is 11.6. The van der Waals surface area contributed by atoms with E-state index in [0.717, 1.165) is 19.6 Å². The Morgan fingerprint density at radius 2 is 1.68 bits per heavy atom. The van der Waals surface area contributed by atoms with Crippen LogP contribution in [0.1, 0.15) is 24.2 Å². The molecule has 0 radical (unpaired) electrons. The quantitative estimate of drug-likeness (QED) is 0.584. The van der Waals surface area contributed by atoms with Gasteiger partial charge in [0.2, 0.25) is 0 Å². The van der Waals surface area contributed by atoms with Crippen molar-refractivity contribution in [1.82, 2.24) is 4.90 Å². The minimum atomic E-state index is -0.294. The summed E-state index contributed by atoms with van der Waals surface area (Å²) < 4.78 is 5.18. The summed E-state index contributed by atoms with van der Waals surface area (Å²) in [6.07, 6.45) is 0. The van der Waals surface area contributed by atoms with Gasteiger partial charge in [-0.05, 0) is 37.4 Å². The molecule has 1 rings (SSSR count). The second-order valence-corrected chi connectivity index (χ2v) is 3.78. The van der Waals surface area contributed by atoms with Crippen molar-refractivity contribution < 1.29 is 20.5 Å². The van der Waals surface area contributed by atoms with Crippen molar-refractivity contribution in [1.29, 1.82) is 0 Å². The second kappa shape index (κ2) is 10.3. The number of carbonyl (C=O) groups is 1. The molecular formula is C13H24N2O4. The summed E-state index contributed by atoms with van der Waals surface area (Å²) in [6, 6.07) is 6.74. The fourth-order valence-electron chi connectivity index (χ4n) is 1.51. The van der Waals surface area contributed by atoms with E-state index < -0.39 is 0 Å². The molecule has 0 bridgehead atoms. The molecule has 6 N–H and O–H groups in total. The molecule has 1 aromatic rings. The highest BCUT2D eigenvalue weighted by atomic mass is 16.5. The zero-order chi connectivity index (χ0) is 12.7. The van der Waals surface area contributed by atoms with Crippen molar-refractivity contribution >= 4 is 11.7 Å². The monoisotopic (exact) mass is 272 g/mol. The topological polar surface area (TPSA) is 119 Å². The first-order valence-corrected chi connectivity index (χ1v) is 5.92. The van der Waals surface area contributed by atoms with Crippen LogP contribution >= 0.6 is 0 Å². The summed E-state index contributed by atoms with van der Waals surface area (Å²) in [5, 5.41) is 0. The summed E-state index contributed by atoms with van der Waals surface area (Å²) in [5.74, 6) is -0.294. The molecule has 0 atom stereocenters. The van der Waals surface area contributed by atoms with E-state index in [2.05, 4.69) is 18.7 Å². The SMILES string of the molecule is CCN(CC)CCOC(=O)c1ccc(N)cc1.O.O. The molecule has 1 aromatic carbocycles. The summed E-state index contributed by atoms with van der Waals surface area (Å²) >= 11 is 0. The Morgan fingerprint density at radius 1 is 1.16 bits per heavy atom. The predicted octanol–water partition coefficient (Wildman–Crippen LogP) is 0.118. The van der Waals surface area contributed by atoms with Gasteiger partial charge >= 0.3 is 5.97 Å². The van der Waals surface area contributed by atoms with Crippen LogP contribution in [0.3, 0.4) is 0 Å². The smallest absolute Gasteiger partial charge is 0.338 e. The Labute approximate surface area is 113 Å². The molecule has 0 saturated carbocycles. The number of nitrogens with zero attached hydrogens (tertiary/aromatic N) is 1. The van der Waals surface area contributed by atoms with Crippen molar-refractivity contribution in [3.8, 4) is 0 Å². The molecule has 0 fully saturated rings. The van der Waals surface area contributed by atoms with Gasteiger partial charge in [0.1, 0.15) is 6.61 Å². The van der Waals surface area contributed by atoms with Gasteiger partial charge in [-0.3, -0.25) is 0 Å². The van der Waals surface area contributed by atoms with Crippen molar-refractivity contribution in [2.24, 2.45) is 0 Å². The Kier molecular flexibility index (Phi) is 10.7. The van der Waals surface area contributed by atoms with E-state index in [1.807, 2.05) is 0 Å². The lowest BCUT2D eigenvalue weighted by atomic mass is 10.2. The molecule has 0 heterocycles. The molecule has 0 aliphatic heterocycles. The molecule has 0 unspecified atom stereocenters. The van der Waals surface area contributed by atoms with Crippen LogP contribution < -0.4 is 5.73 Å². The van der Waals surface area contributed by atoms with Gasteiger partial charge in [-0.15, -0.1) is 0 Å². The summed E-state index contributed by atoms with van der Waals surface area (Å²) in [5.41, 5.74) is 6.73. The largest absolute Gasteiger partial charge is 0.461 e. The standard InChI is InChI=1S/C13H20N2O2.2H2O/c1-3-15(4-2)9-10-17-13(16)11-5-7-12(14)8-6-11;;/h5-8H,3-4,9-10,14H2,1-2H3;2*1H2. The van der Waals surface area contributed by atoms with Gasteiger partial charge in [0.25, 0.3) is 0 Å². The average Bonchev–Trinajstić information content (AvgIpc) is 2.35. The fraction of sp³-hybridized carbons (Fsp3) is 0.462. The Balaban J connectivity index is 0. The van der Waals surface area contributed by atoms with Gasteiger partial charge in [-0.25, -0.2) is 4.79 Å². The zero-order valence-corrected chi connectivity index (χ0v) is 11.5. The van der Waals surface area contributed by atoms with E-state index in [4.69, 9.17) is 10.5 Å². The van der Waals surface area contributed by atoms with Crippen LogP contribution in [0.15, 0.2) is 24.3 Å². The number of nitrogen functional groups attached to an aromatic ring is 1. The first kappa shape index (κ1) is 19.7. The summed E-state index contributed by atoms with van der Waals surface area (Å²) in [7, 11) is 0. The van der Waals surface area contributed by atoms with Gasteiger partial charge in [-0.2, -0.15) is 0 Å². The van der Waals surface area contributed by atoms with Crippen LogP contribution in [-0.4, -0.2) is 48.1 Å². The fourth-order valence-corrected chi connectivity index (χ4v) is 1.51. The normalized spacial score (nSPS) is 9.42. The predicted molar refractivity (Wildman–Crippen MR) is 76.2 cm³/mol. The van der Waals surface area contributed by atoms with E-state index in [-0.39, 0.29) is 16.9 Å². The van der Waals surface area contributed by atoms with E-state index in [9.17, 15) is 4.79 Å². The van der Waals surface area contributed by atoms with E-state index in [1.165, 1.54) is 0 Å². The Morgan fingerprint density at radius 3 is 2.16 bits per heavy atom. The highest BCUT2D eigenvalue weighted by Crippen LogP contribution is 2.06. The first-order chi connectivity index (χ1) is 8.17. The minimum absolute atomic E-state index is 0. The van der Waals surface area contributed by atoms with E-state index in [1.54, 1.807) is 24.3 Å². The molecule has 0 saturated heterocycles. The number of rotatable bonds is 6. The molecule has 0 aliphatic carbocycles. The maximum absolute atomic E-state index is 11.6. The van der Waals surface area contributed by atoms with Gasteiger partial charge in [0, 0.05) is 12.2 Å². The number of benzene rings is 1. The maximum Gasteiger partial charge on any atom is 0.338 e. The minimum Gasteiger partial charge on any atom is -0.461 e. The van der Waals surface area contributed by atoms with Crippen molar-refractivity contribution in [2.45, 2.75) is 13.8 Å². The molecule has 0 amide bonds. The Hall–Kier alpha value is -1.63. The molecule has 19 heavy (non-hydrogen) atoms. The third kappa shape index (κ3) is 6.76. The molecule has 0 aromatic heterocycles. The lowest BCUT2D eigenvalue weighted by Gasteiger charge is -2.17. The number of likely N-dealkylation sites (N-methyl/N-ethyl adjacent to an activating group) is 1. The number of esters is 1. The van der Waals surface area contributed by atoms with Crippen LogP contribution in [-0.2, 0) is 4.74 Å². The van der Waals surface area contributed by atoms with Crippen molar-refractivity contribution in [3.05, 3.63) is 29.8 Å². The average molecular weight is 272 g/mol. The highest BCUT2D eigenvalue weighted by molar-refractivity contribution is 5.89. The molecule has 0 aliphatic rings. The van der Waals surface area contributed by atoms with Gasteiger partial charge < -0.3 is 26.3 Å². The first-order valence-electron chi connectivity index (χ1n) is 5.92. The number of carbonyl (C=O) groups excluding carboxylic acids is 1. The number of anilines is 1. The summed E-state index contributed by atoms with van der Waals surface area (Å²) in [4.78, 5) is 13.8. The molecule has 0 spiro atoms. The highest BCUT2D eigenvalue weighted by Gasteiger charge is 2.07. The van der Waals surface area contributed by atoms with Crippen LogP contribution in [0.25, 0.3) is 0 Å². The van der Waals surface area contributed by atoms with E-state index >= 15 is 0 Å². The van der Waals surface area contributed by atoms with Crippen LogP contribution in [0.2, 0.25) is 0 Å². The summed E-state index contributed by atoms with van der Waals surface area (Å²) in [6.45, 7) is 7.31. The van der Waals surface area contributed by atoms with Gasteiger partial charge in [0.15, 0.2) is 0 Å². The van der Waals surface area contributed by atoms with Gasteiger partial charge in [-0.1, -0.05) is 13.8 Å². The zero-order valence-electron chi connectivity index (χ0n) is 11.5. The number of ether oxygens (including phenoxy) is 1. The molecule has 110 valence electrons. The van der Waals surface area contributed by atoms with E-state index in [0.29, 0.717) is 17.9 Å². The van der Waals surface area contributed by atoms with Gasteiger partial charge in [0.05, 0.1) is 5.56 Å². The third-order valence-electron chi connectivity index (χ3n) is 2.68. The molecular weight excluding hydrogens is 248 g/mol. The lowest BCUT2D eigenvalue weighted by molar-refractivity contribution is 0.0466. The molecule has 6 nitrogen and oxygen atoms in total. The second-order valence-electron chi connectivity index (χ2n) is 3.78. The van der Waals surface area contributed by atoms with Crippen molar-refractivity contribution in [3.63, 3.8) is 0 Å². The lowest BCUT2D eigenvalue weighted by Crippen LogP contribution is -2.27. The molecule has 6 heteroatoms. The number of hydrogen-bond acceptors (Lipinski definition) is 4. The Bertz CT molecular complexity index is 350. The van der Waals surface area contributed by atoms with Crippen molar-refractivity contribution in [2.75, 3.05) is 32.0 Å². The third-order valence-corrected chi connectivity index (χ3v) is 2.68. The number of nitrogens with two attached hydrogens (primary N) is 1. The van der Waals surface area contributed by atoms with Crippen LogP contribution in [0.5, 0.6) is 0 Å². The van der Waals surface area contributed by atoms with Crippen LogP contribution in [0, 0.1) is 0 Å².